The van der Waals surface area contributed by atoms with Crippen LogP contribution in [-0.2, 0) is 13.1 Å². The molecule has 1 aliphatic rings. The van der Waals surface area contributed by atoms with Gasteiger partial charge in [0.05, 0.1) is 5.52 Å². The third kappa shape index (κ3) is 3.35. The molecule has 3 aromatic rings. The van der Waals surface area contributed by atoms with Gasteiger partial charge in [0.25, 0.3) is 5.91 Å². The standard InChI is InChI=1S/C22H26N4O2/c1-3-25-19-8-5-11-23-20(19)26(22(25)28)15-17-9-12-24(13-10-17)21(27)18-7-4-6-16(2)14-18/h4-8,11,14,17H,3,9-10,12-13,15H2,1-2H3. The van der Waals surface area contributed by atoms with Crippen molar-refractivity contribution in [1.82, 2.24) is 19.0 Å². The topological polar surface area (TPSA) is 60.1 Å². The molecule has 0 aliphatic carbocycles. The Labute approximate surface area is 164 Å². The number of hydrogen-bond donors (Lipinski definition) is 0. The molecule has 1 aliphatic heterocycles. The molecule has 2 aromatic heterocycles. The average molecular weight is 378 g/mol. The summed E-state index contributed by atoms with van der Waals surface area (Å²) in [6, 6.07) is 11.6. The number of piperidine rings is 1. The third-order valence-electron chi connectivity index (χ3n) is 5.70. The van der Waals surface area contributed by atoms with E-state index in [2.05, 4.69) is 4.98 Å². The summed E-state index contributed by atoms with van der Waals surface area (Å²) >= 11 is 0. The zero-order valence-electron chi connectivity index (χ0n) is 16.5. The van der Waals surface area contributed by atoms with Crippen molar-refractivity contribution in [2.75, 3.05) is 13.1 Å². The number of aryl methyl sites for hydroxylation is 2. The number of imidazole rings is 1. The van der Waals surface area contributed by atoms with Gasteiger partial charge in [-0.2, -0.15) is 0 Å². The first-order chi connectivity index (χ1) is 13.6. The molecule has 146 valence electrons. The summed E-state index contributed by atoms with van der Waals surface area (Å²) < 4.78 is 3.58. The predicted octanol–water partition coefficient (Wildman–Crippen LogP) is 3.08. The summed E-state index contributed by atoms with van der Waals surface area (Å²) in [5, 5.41) is 0. The van der Waals surface area contributed by atoms with Gasteiger partial charge in [0.2, 0.25) is 0 Å². The van der Waals surface area contributed by atoms with E-state index in [9.17, 15) is 9.59 Å². The van der Waals surface area contributed by atoms with E-state index in [-0.39, 0.29) is 11.6 Å². The first-order valence-electron chi connectivity index (χ1n) is 9.98. The Hall–Kier alpha value is -2.89. The molecule has 1 saturated heterocycles. The number of amides is 1. The highest BCUT2D eigenvalue weighted by atomic mass is 16.2. The summed E-state index contributed by atoms with van der Waals surface area (Å²) in [6.07, 6.45) is 3.53. The van der Waals surface area contributed by atoms with Gasteiger partial charge in [-0.3, -0.25) is 13.9 Å². The molecule has 1 fully saturated rings. The lowest BCUT2D eigenvalue weighted by molar-refractivity contribution is 0.0682. The monoisotopic (exact) mass is 378 g/mol. The van der Waals surface area contributed by atoms with Crippen molar-refractivity contribution in [3.63, 3.8) is 0 Å². The number of fused-ring (bicyclic) bond motifs is 1. The Kier molecular flexibility index (Phi) is 5.03. The van der Waals surface area contributed by atoms with Crippen molar-refractivity contribution < 1.29 is 4.79 Å². The highest BCUT2D eigenvalue weighted by Gasteiger charge is 2.25. The van der Waals surface area contributed by atoms with Gasteiger partial charge in [-0.15, -0.1) is 0 Å². The minimum absolute atomic E-state index is 0.00877. The minimum Gasteiger partial charge on any atom is -0.339 e. The van der Waals surface area contributed by atoms with E-state index in [1.807, 2.05) is 59.7 Å². The van der Waals surface area contributed by atoms with E-state index in [1.165, 1.54) is 0 Å². The SMILES string of the molecule is CCn1c(=O)n(CC2CCN(C(=O)c3cccc(C)c3)CC2)c2ncccc21. The molecule has 6 heteroatoms. The first-order valence-corrected chi connectivity index (χ1v) is 9.98. The van der Waals surface area contributed by atoms with Crippen LogP contribution in [0, 0.1) is 12.8 Å². The van der Waals surface area contributed by atoms with Crippen molar-refractivity contribution in [3.05, 3.63) is 64.2 Å². The molecule has 0 saturated carbocycles. The van der Waals surface area contributed by atoms with Crippen LogP contribution < -0.4 is 5.69 Å². The number of nitrogens with zero attached hydrogens (tertiary/aromatic N) is 4. The van der Waals surface area contributed by atoms with Crippen LogP contribution in [0.2, 0.25) is 0 Å². The molecule has 4 rings (SSSR count). The smallest absolute Gasteiger partial charge is 0.330 e. The molecule has 0 unspecified atom stereocenters. The molecule has 0 bridgehead atoms. The van der Waals surface area contributed by atoms with Crippen LogP contribution >= 0.6 is 0 Å². The van der Waals surface area contributed by atoms with Crippen molar-refractivity contribution >= 4 is 17.1 Å². The Morgan fingerprint density at radius 3 is 2.64 bits per heavy atom. The van der Waals surface area contributed by atoms with Crippen molar-refractivity contribution in [1.29, 1.82) is 0 Å². The lowest BCUT2D eigenvalue weighted by Crippen LogP contribution is -2.40. The third-order valence-corrected chi connectivity index (χ3v) is 5.70. The minimum atomic E-state index is 0.00877. The fourth-order valence-electron chi connectivity index (χ4n) is 4.15. The number of hydrogen-bond acceptors (Lipinski definition) is 3. The van der Waals surface area contributed by atoms with Crippen molar-refractivity contribution in [3.8, 4) is 0 Å². The Balaban J connectivity index is 1.47. The summed E-state index contributed by atoms with van der Waals surface area (Å²) in [5.74, 6) is 0.473. The van der Waals surface area contributed by atoms with E-state index in [0.29, 0.717) is 19.0 Å². The largest absolute Gasteiger partial charge is 0.339 e. The number of likely N-dealkylation sites (tertiary alicyclic amines) is 1. The summed E-state index contributed by atoms with van der Waals surface area (Å²) in [4.78, 5) is 31.9. The first kappa shape index (κ1) is 18.5. The molecule has 1 aromatic carbocycles. The van der Waals surface area contributed by atoms with Gasteiger partial charge in [0.15, 0.2) is 5.65 Å². The van der Waals surface area contributed by atoms with Crippen LogP contribution in [0.3, 0.4) is 0 Å². The molecular weight excluding hydrogens is 352 g/mol. The summed E-state index contributed by atoms with van der Waals surface area (Å²) in [6.45, 7) is 6.73. The molecule has 3 heterocycles. The van der Waals surface area contributed by atoms with Crippen LogP contribution in [0.1, 0.15) is 35.7 Å². The Morgan fingerprint density at radius 1 is 1.14 bits per heavy atom. The summed E-state index contributed by atoms with van der Waals surface area (Å²) in [5.41, 5.74) is 3.51. The number of carbonyl (C=O) groups excluding carboxylic acids is 1. The lowest BCUT2D eigenvalue weighted by atomic mass is 9.96. The zero-order chi connectivity index (χ0) is 19.7. The van der Waals surface area contributed by atoms with Gasteiger partial charge in [-0.05, 0) is 56.9 Å². The fourth-order valence-corrected chi connectivity index (χ4v) is 4.15. The van der Waals surface area contributed by atoms with E-state index >= 15 is 0 Å². The van der Waals surface area contributed by atoms with Crippen LogP contribution in [0.4, 0.5) is 0 Å². The number of pyridine rings is 1. The number of carbonyl (C=O) groups is 1. The van der Waals surface area contributed by atoms with E-state index in [0.717, 1.165) is 48.2 Å². The van der Waals surface area contributed by atoms with Gasteiger partial charge in [-0.1, -0.05) is 17.7 Å². The second-order valence-corrected chi connectivity index (χ2v) is 7.59. The van der Waals surface area contributed by atoms with Gasteiger partial charge < -0.3 is 4.90 Å². The van der Waals surface area contributed by atoms with Gasteiger partial charge in [0.1, 0.15) is 0 Å². The molecule has 0 spiro atoms. The summed E-state index contributed by atoms with van der Waals surface area (Å²) in [7, 11) is 0. The normalized spacial score (nSPS) is 15.3. The predicted molar refractivity (Wildman–Crippen MR) is 109 cm³/mol. The van der Waals surface area contributed by atoms with Gasteiger partial charge in [-0.25, -0.2) is 9.78 Å². The van der Waals surface area contributed by atoms with Crippen LogP contribution in [0.5, 0.6) is 0 Å². The number of rotatable bonds is 4. The van der Waals surface area contributed by atoms with Gasteiger partial charge >= 0.3 is 5.69 Å². The Bertz CT molecular complexity index is 1060. The van der Waals surface area contributed by atoms with Crippen molar-refractivity contribution in [2.24, 2.45) is 5.92 Å². The van der Waals surface area contributed by atoms with E-state index in [4.69, 9.17) is 0 Å². The van der Waals surface area contributed by atoms with Crippen LogP contribution in [0.25, 0.3) is 11.2 Å². The van der Waals surface area contributed by atoms with Crippen molar-refractivity contribution in [2.45, 2.75) is 39.8 Å². The number of aromatic nitrogens is 3. The molecule has 0 N–H and O–H groups in total. The highest BCUT2D eigenvalue weighted by molar-refractivity contribution is 5.94. The molecule has 0 atom stereocenters. The molecule has 28 heavy (non-hydrogen) atoms. The maximum Gasteiger partial charge on any atom is 0.330 e. The lowest BCUT2D eigenvalue weighted by Gasteiger charge is -2.32. The van der Waals surface area contributed by atoms with E-state index in [1.54, 1.807) is 10.8 Å². The quantitative estimate of drug-likeness (QED) is 0.701. The highest BCUT2D eigenvalue weighted by Crippen LogP contribution is 2.22. The maximum atomic E-state index is 12.8. The second kappa shape index (κ2) is 7.62. The zero-order valence-corrected chi connectivity index (χ0v) is 16.5. The average Bonchev–Trinajstić information content (AvgIpc) is 2.99. The molecular formula is C22H26N4O2. The number of benzene rings is 1. The molecule has 1 amide bonds. The van der Waals surface area contributed by atoms with E-state index < -0.39 is 0 Å². The van der Waals surface area contributed by atoms with Gasteiger partial charge in [0, 0.05) is 37.9 Å². The fraction of sp³-hybridized carbons (Fsp3) is 0.409. The maximum absolute atomic E-state index is 12.8. The molecule has 0 radical (unpaired) electrons. The van der Waals surface area contributed by atoms with Crippen LogP contribution in [-0.4, -0.2) is 38.0 Å². The van der Waals surface area contributed by atoms with Crippen LogP contribution in [0.15, 0.2) is 47.4 Å². The Morgan fingerprint density at radius 2 is 1.93 bits per heavy atom. The molecule has 6 nitrogen and oxygen atoms in total. The second-order valence-electron chi connectivity index (χ2n) is 7.59.